The van der Waals surface area contributed by atoms with Gasteiger partial charge in [0, 0.05) is 5.41 Å². The van der Waals surface area contributed by atoms with Crippen molar-refractivity contribution in [2.75, 3.05) is 13.8 Å². The fraction of sp³-hybridized carbons (Fsp3) is 0.500. The highest BCUT2D eigenvalue weighted by Crippen LogP contribution is 2.28. The van der Waals surface area contributed by atoms with Gasteiger partial charge < -0.3 is 4.74 Å². The maximum absolute atomic E-state index is 12.7. The zero-order chi connectivity index (χ0) is 10.8. The topological polar surface area (TPSA) is 9.23 Å². The van der Waals surface area contributed by atoms with Crippen LogP contribution in [0, 0.1) is 6.92 Å². The fourth-order valence-corrected chi connectivity index (χ4v) is 1.38. The minimum Gasteiger partial charge on any atom is -0.496 e. The van der Waals surface area contributed by atoms with Crippen LogP contribution in [-0.4, -0.2) is 13.8 Å². The highest BCUT2D eigenvalue weighted by molar-refractivity contribution is 5.38. The van der Waals surface area contributed by atoms with Gasteiger partial charge in [0.1, 0.15) is 5.75 Å². The number of hydrogen-bond donors (Lipinski definition) is 0. The monoisotopic (exact) mass is 196 g/mol. The molecule has 0 bridgehead atoms. The summed E-state index contributed by atoms with van der Waals surface area (Å²) >= 11 is 0. The van der Waals surface area contributed by atoms with E-state index in [1.165, 1.54) is 0 Å². The van der Waals surface area contributed by atoms with Gasteiger partial charge in [-0.2, -0.15) is 0 Å². The third-order valence-corrected chi connectivity index (χ3v) is 2.51. The minimum absolute atomic E-state index is 0.348. The van der Waals surface area contributed by atoms with E-state index in [-0.39, 0.29) is 6.67 Å². The number of benzene rings is 1. The van der Waals surface area contributed by atoms with E-state index in [4.69, 9.17) is 4.74 Å². The highest BCUT2D eigenvalue weighted by atomic mass is 19.1. The van der Waals surface area contributed by atoms with Crippen molar-refractivity contribution in [3.8, 4) is 5.75 Å². The molecule has 1 rings (SSSR count). The second-order valence-corrected chi connectivity index (χ2v) is 4.20. The summed E-state index contributed by atoms with van der Waals surface area (Å²) in [4.78, 5) is 0. The molecular weight excluding hydrogens is 179 g/mol. The first-order valence-electron chi connectivity index (χ1n) is 4.72. The van der Waals surface area contributed by atoms with Crippen LogP contribution < -0.4 is 4.74 Å². The van der Waals surface area contributed by atoms with Gasteiger partial charge in [-0.3, -0.25) is 4.39 Å². The van der Waals surface area contributed by atoms with Gasteiger partial charge >= 0.3 is 0 Å². The second-order valence-electron chi connectivity index (χ2n) is 4.20. The van der Waals surface area contributed by atoms with Gasteiger partial charge in [0.25, 0.3) is 0 Å². The Morgan fingerprint density at radius 1 is 1.36 bits per heavy atom. The first-order valence-corrected chi connectivity index (χ1v) is 4.72. The third kappa shape index (κ3) is 2.06. The molecule has 1 aromatic rings. The predicted octanol–water partition coefficient (Wildman–Crippen LogP) is 3.25. The molecule has 0 amide bonds. The molecule has 0 unspecified atom stereocenters. The van der Waals surface area contributed by atoms with E-state index in [1.807, 2.05) is 39.0 Å². The molecule has 0 aliphatic heterocycles. The summed E-state index contributed by atoms with van der Waals surface area (Å²) in [6.45, 7) is 5.41. The van der Waals surface area contributed by atoms with Crippen LogP contribution in [0.2, 0.25) is 0 Å². The van der Waals surface area contributed by atoms with Gasteiger partial charge in [0.05, 0.1) is 13.8 Å². The summed E-state index contributed by atoms with van der Waals surface area (Å²) in [6, 6.07) is 5.80. The smallest absolute Gasteiger partial charge is 0.121 e. The summed E-state index contributed by atoms with van der Waals surface area (Å²) in [5.74, 6) is 0.850. The average Bonchev–Trinajstić information content (AvgIpc) is 2.17. The molecule has 0 aliphatic rings. The summed E-state index contributed by atoms with van der Waals surface area (Å²) in [7, 11) is 1.64. The molecule has 0 fully saturated rings. The normalized spacial score (nSPS) is 11.5. The largest absolute Gasteiger partial charge is 0.496 e. The Morgan fingerprint density at radius 3 is 2.43 bits per heavy atom. The average molecular weight is 196 g/mol. The van der Waals surface area contributed by atoms with Crippen molar-refractivity contribution in [3.05, 3.63) is 29.3 Å². The van der Waals surface area contributed by atoms with Crippen LogP contribution in [0.3, 0.4) is 0 Å². The Kier molecular flexibility index (Phi) is 3.14. The van der Waals surface area contributed by atoms with Crippen LogP contribution in [0.25, 0.3) is 0 Å². The molecule has 1 nitrogen and oxygen atoms in total. The van der Waals surface area contributed by atoms with Crippen molar-refractivity contribution in [2.24, 2.45) is 0 Å². The Labute approximate surface area is 84.9 Å². The molecular formula is C12H17FO. The number of rotatable bonds is 3. The number of methoxy groups -OCH3 is 1. The van der Waals surface area contributed by atoms with E-state index in [0.29, 0.717) is 0 Å². The summed E-state index contributed by atoms with van der Waals surface area (Å²) < 4.78 is 17.9. The zero-order valence-corrected chi connectivity index (χ0v) is 9.23. The molecule has 78 valence electrons. The van der Waals surface area contributed by atoms with Crippen LogP contribution in [-0.2, 0) is 5.41 Å². The van der Waals surface area contributed by atoms with Crippen LogP contribution in [0.15, 0.2) is 18.2 Å². The van der Waals surface area contributed by atoms with Crippen LogP contribution >= 0.6 is 0 Å². The molecule has 0 atom stereocenters. The van der Waals surface area contributed by atoms with E-state index in [0.717, 1.165) is 16.9 Å². The van der Waals surface area contributed by atoms with Gasteiger partial charge in [-0.05, 0) is 24.1 Å². The minimum atomic E-state index is -0.406. The molecule has 0 radical (unpaired) electrons. The van der Waals surface area contributed by atoms with Gasteiger partial charge in [0.2, 0.25) is 0 Å². The van der Waals surface area contributed by atoms with E-state index in [9.17, 15) is 4.39 Å². The maximum Gasteiger partial charge on any atom is 0.121 e. The maximum atomic E-state index is 12.7. The first-order chi connectivity index (χ1) is 6.51. The summed E-state index contributed by atoms with van der Waals surface area (Å²) in [6.07, 6.45) is 0. The van der Waals surface area contributed by atoms with E-state index >= 15 is 0 Å². The fourth-order valence-electron chi connectivity index (χ4n) is 1.38. The third-order valence-electron chi connectivity index (χ3n) is 2.51. The van der Waals surface area contributed by atoms with Crippen molar-refractivity contribution < 1.29 is 9.13 Å². The van der Waals surface area contributed by atoms with Crippen molar-refractivity contribution in [3.63, 3.8) is 0 Å². The van der Waals surface area contributed by atoms with Gasteiger partial charge in [-0.15, -0.1) is 0 Å². The quantitative estimate of drug-likeness (QED) is 0.721. The van der Waals surface area contributed by atoms with E-state index in [2.05, 4.69) is 0 Å². The molecule has 0 aliphatic carbocycles. The lowest BCUT2D eigenvalue weighted by Crippen LogP contribution is -2.19. The van der Waals surface area contributed by atoms with Crippen LogP contribution in [0.4, 0.5) is 4.39 Å². The first kappa shape index (κ1) is 11.0. The Hall–Kier alpha value is -1.05. The second kappa shape index (κ2) is 3.99. The molecule has 1 aromatic carbocycles. The van der Waals surface area contributed by atoms with Crippen LogP contribution in [0.5, 0.6) is 5.75 Å². The number of ether oxygens (including phenoxy) is 1. The molecule has 0 N–H and O–H groups in total. The zero-order valence-electron chi connectivity index (χ0n) is 9.23. The lowest BCUT2D eigenvalue weighted by atomic mass is 9.85. The highest BCUT2D eigenvalue weighted by Gasteiger charge is 2.20. The predicted molar refractivity (Wildman–Crippen MR) is 56.7 cm³/mol. The molecule has 0 saturated heterocycles. The molecule has 0 spiro atoms. The lowest BCUT2D eigenvalue weighted by Gasteiger charge is -2.22. The van der Waals surface area contributed by atoms with Gasteiger partial charge in [-0.1, -0.05) is 26.0 Å². The van der Waals surface area contributed by atoms with Gasteiger partial charge in [-0.25, -0.2) is 0 Å². The lowest BCUT2D eigenvalue weighted by molar-refractivity contribution is 0.350. The molecule has 2 heteroatoms. The number of halogens is 1. The van der Waals surface area contributed by atoms with E-state index in [1.54, 1.807) is 7.11 Å². The SMILES string of the molecule is COc1ccc(C(C)(C)CF)cc1C. The van der Waals surface area contributed by atoms with Crippen molar-refractivity contribution >= 4 is 0 Å². The van der Waals surface area contributed by atoms with Crippen molar-refractivity contribution in [2.45, 2.75) is 26.2 Å². The Bertz CT molecular complexity index is 318. The summed E-state index contributed by atoms with van der Waals surface area (Å²) in [5, 5.41) is 0. The van der Waals surface area contributed by atoms with Gasteiger partial charge in [0.15, 0.2) is 0 Å². The van der Waals surface area contributed by atoms with Crippen molar-refractivity contribution in [1.82, 2.24) is 0 Å². The number of hydrogen-bond acceptors (Lipinski definition) is 1. The number of aryl methyl sites for hydroxylation is 1. The summed E-state index contributed by atoms with van der Waals surface area (Å²) in [5.41, 5.74) is 1.65. The van der Waals surface area contributed by atoms with Crippen molar-refractivity contribution in [1.29, 1.82) is 0 Å². The van der Waals surface area contributed by atoms with Crippen LogP contribution in [0.1, 0.15) is 25.0 Å². The number of alkyl halides is 1. The Balaban J connectivity index is 3.08. The van der Waals surface area contributed by atoms with E-state index < -0.39 is 5.41 Å². The standard InChI is InChI=1S/C12H17FO/c1-9-7-10(12(2,3)8-13)5-6-11(9)14-4/h5-7H,8H2,1-4H3. The Morgan fingerprint density at radius 2 is 2.00 bits per heavy atom. The molecule has 14 heavy (non-hydrogen) atoms. The molecule has 0 aromatic heterocycles. The molecule has 0 heterocycles. The molecule has 0 saturated carbocycles.